The number of pyridine rings is 1. The maximum absolute atomic E-state index is 13.6. The van der Waals surface area contributed by atoms with E-state index in [4.69, 9.17) is 26.1 Å². The zero-order chi connectivity index (χ0) is 40.7. The first-order valence-corrected chi connectivity index (χ1v) is 19.6. The van der Waals surface area contributed by atoms with Gasteiger partial charge in [0.1, 0.15) is 11.1 Å². The van der Waals surface area contributed by atoms with Crippen molar-refractivity contribution in [1.82, 2.24) is 30.1 Å². The lowest BCUT2D eigenvalue weighted by Crippen LogP contribution is -2.54. The van der Waals surface area contributed by atoms with Gasteiger partial charge in [-0.25, -0.2) is 4.98 Å². The van der Waals surface area contributed by atoms with Gasteiger partial charge < -0.3 is 34.5 Å². The summed E-state index contributed by atoms with van der Waals surface area (Å²) in [5.41, 5.74) is 2.25. The van der Waals surface area contributed by atoms with Crippen molar-refractivity contribution < 1.29 is 33.4 Å². The Bertz CT molecular complexity index is 2390. The van der Waals surface area contributed by atoms with Crippen molar-refractivity contribution in [2.24, 2.45) is 7.05 Å². The number of halogens is 1. The molecule has 0 spiro atoms. The predicted molar refractivity (Wildman–Crippen MR) is 214 cm³/mol. The molecule has 4 aliphatic heterocycles. The monoisotopic (exact) mass is 811 g/mol. The normalized spacial score (nSPS) is 19.1. The molecule has 3 saturated heterocycles. The van der Waals surface area contributed by atoms with Crippen LogP contribution >= 0.6 is 11.6 Å². The molecule has 302 valence electrons. The molecule has 5 amide bonds. The van der Waals surface area contributed by atoms with Crippen molar-refractivity contribution in [2.45, 2.75) is 56.8 Å². The lowest BCUT2D eigenvalue weighted by Gasteiger charge is -2.38. The summed E-state index contributed by atoms with van der Waals surface area (Å²) in [5, 5.41) is 9.05. The average Bonchev–Trinajstić information content (AvgIpc) is 3.48. The molecule has 2 aromatic carbocycles. The number of piperidine rings is 3. The topological polar surface area (TPSA) is 197 Å². The third-order valence-electron chi connectivity index (χ3n) is 11.2. The third kappa shape index (κ3) is 7.54. The Labute approximate surface area is 337 Å². The molecule has 58 heavy (non-hydrogen) atoms. The van der Waals surface area contributed by atoms with Crippen molar-refractivity contribution in [1.29, 1.82) is 0 Å². The Morgan fingerprint density at radius 1 is 0.931 bits per heavy atom. The van der Waals surface area contributed by atoms with Crippen LogP contribution in [0, 0.1) is 0 Å². The summed E-state index contributed by atoms with van der Waals surface area (Å²) in [7, 11) is 3.14. The minimum atomic E-state index is -1.01. The second kappa shape index (κ2) is 16.1. The second-order valence-electron chi connectivity index (χ2n) is 14.8. The fourth-order valence-electron chi connectivity index (χ4n) is 8.04. The molecule has 3 N–H and O–H groups in total. The van der Waals surface area contributed by atoms with E-state index in [1.165, 1.54) is 11.6 Å². The Balaban J connectivity index is 0.859. The van der Waals surface area contributed by atoms with Crippen molar-refractivity contribution in [2.75, 3.05) is 55.0 Å². The Hall–Kier alpha value is -6.07. The van der Waals surface area contributed by atoms with Gasteiger partial charge in [-0.3, -0.25) is 39.0 Å². The molecule has 3 fully saturated rings. The van der Waals surface area contributed by atoms with Crippen LogP contribution in [0.15, 0.2) is 53.5 Å². The number of carbonyl (C=O) groups is 5. The van der Waals surface area contributed by atoms with E-state index >= 15 is 0 Å². The van der Waals surface area contributed by atoms with Gasteiger partial charge in [-0.15, -0.1) is 0 Å². The van der Waals surface area contributed by atoms with Crippen LogP contribution in [-0.2, 0) is 26.2 Å². The zero-order valence-corrected chi connectivity index (χ0v) is 32.7. The molecule has 8 rings (SSSR count). The van der Waals surface area contributed by atoms with Gasteiger partial charge in [0.15, 0.2) is 18.2 Å². The smallest absolute Gasteiger partial charge is 0.293 e. The summed E-state index contributed by atoms with van der Waals surface area (Å²) < 4.78 is 13.5. The first-order chi connectivity index (χ1) is 28.0. The number of anilines is 4. The van der Waals surface area contributed by atoms with Gasteiger partial charge >= 0.3 is 0 Å². The molecule has 2 aromatic heterocycles. The van der Waals surface area contributed by atoms with Gasteiger partial charge in [-0.1, -0.05) is 17.7 Å². The molecule has 1 unspecified atom stereocenters. The molecule has 17 nitrogen and oxygen atoms in total. The number of aromatic nitrogens is 3. The van der Waals surface area contributed by atoms with Gasteiger partial charge in [-0.05, 0) is 68.5 Å². The summed E-state index contributed by atoms with van der Waals surface area (Å²) in [5.74, 6) is -1.39. The lowest BCUT2D eigenvalue weighted by atomic mass is 10.0. The SMILES string of the molecule is CNC(=O)COc1cc2cc(Nc3nc(N4CCC(OC5CCN(c6cccc7c6C(=O)N(C6CCC(=O)NC6=O)C7=O)CC5)CC4)ncc3Cl)ccc2n(C)c1=O. The number of aryl methyl sites for hydroxylation is 1. The van der Waals surface area contributed by atoms with Crippen LogP contribution in [0.25, 0.3) is 10.9 Å². The number of ether oxygens (including phenoxy) is 2. The molecule has 18 heteroatoms. The third-order valence-corrected chi connectivity index (χ3v) is 11.4. The average molecular weight is 812 g/mol. The Morgan fingerprint density at radius 2 is 1.66 bits per heavy atom. The van der Waals surface area contributed by atoms with Crippen molar-refractivity contribution >= 4 is 75.2 Å². The maximum atomic E-state index is 13.6. The van der Waals surface area contributed by atoms with E-state index in [0.717, 1.165) is 30.6 Å². The number of carbonyl (C=O) groups excluding carboxylic acids is 5. The number of nitrogens with one attached hydrogen (secondary N) is 3. The lowest BCUT2D eigenvalue weighted by molar-refractivity contribution is -0.136. The molecule has 6 heterocycles. The van der Waals surface area contributed by atoms with E-state index in [-0.39, 0.29) is 54.4 Å². The molecule has 0 bridgehead atoms. The van der Waals surface area contributed by atoms with Crippen LogP contribution in [0.3, 0.4) is 0 Å². The zero-order valence-electron chi connectivity index (χ0n) is 32.0. The molecule has 1 atom stereocenters. The molecule has 0 saturated carbocycles. The molecule has 0 aliphatic carbocycles. The largest absolute Gasteiger partial charge is 0.478 e. The van der Waals surface area contributed by atoms with Gasteiger partial charge in [0, 0.05) is 57.8 Å². The highest BCUT2D eigenvalue weighted by molar-refractivity contribution is 6.33. The standard InChI is InChI=1S/C40H42ClN9O8/c1-42-33(52)21-57-31-19-22-18-23(6-7-28(22)47(2)38(31)55)44-35-27(41)20-43-40(46-35)49-16-12-25(13-17-49)58-24-10-14-48(15-11-24)29-5-3-4-26-34(29)39(56)50(37(26)54)30-8-9-32(51)45-36(30)53/h3-7,18-20,24-25,30H,8-17,21H2,1-2H3,(H,42,52)(H,43,44,46)(H,45,51,53). The summed E-state index contributed by atoms with van der Waals surface area (Å²) in [4.78, 5) is 90.1. The van der Waals surface area contributed by atoms with Crippen molar-refractivity contribution in [3.63, 3.8) is 0 Å². The Kier molecular flexibility index (Phi) is 10.7. The minimum Gasteiger partial charge on any atom is -0.478 e. The van der Waals surface area contributed by atoms with E-state index in [1.54, 1.807) is 31.4 Å². The predicted octanol–water partition coefficient (Wildman–Crippen LogP) is 2.91. The van der Waals surface area contributed by atoms with Crippen LogP contribution in [0.5, 0.6) is 5.75 Å². The first-order valence-electron chi connectivity index (χ1n) is 19.3. The number of benzene rings is 2. The number of rotatable bonds is 10. The van der Waals surface area contributed by atoms with Gasteiger partial charge in [-0.2, -0.15) is 4.98 Å². The molecule has 0 radical (unpaired) electrons. The molecular weight excluding hydrogens is 770 g/mol. The fraction of sp³-hybridized carbons (Fsp3) is 0.400. The highest BCUT2D eigenvalue weighted by Gasteiger charge is 2.46. The number of fused-ring (bicyclic) bond motifs is 2. The summed E-state index contributed by atoms with van der Waals surface area (Å²) in [6, 6.07) is 11.3. The quantitative estimate of drug-likeness (QED) is 0.198. The van der Waals surface area contributed by atoms with Gasteiger partial charge in [0.2, 0.25) is 17.8 Å². The van der Waals surface area contributed by atoms with E-state index in [1.807, 2.05) is 24.3 Å². The van der Waals surface area contributed by atoms with Crippen molar-refractivity contribution in [3.8, 4) is 5.75 Å². The van der Waals surface area contributed by atoms with Crippen LogP contribution in [0.2, 0.25) is 5.02 Å². The van der Waals surface area contributed by atoms with E-state index < -0.39 is 29.7 Å². The fourth-order valence-corrected chi connectivity index (χ4v) is 8.18. The molecule has 4 aliphatic rings. The summed E-state index contributed by atoms with van der Waals surface area (Å²) in [6.45, 7) is 2.36. The highest BCUT2D eigenvalue weighted by Crippen LogP contribution is 2.36. The first kappa shape index (κ1) is 38.8. The summed E-state index contributed by atoms with van der Waals surface area (Å²) >= 11 is 6.54. The van der Waals surface area contributed by atoms with E-state index in [2.05, 4.69) is 30.7 Å². The maximum Gasteiger partial charge on any atom is 0.293 e. The second-order valence-corrected chi connectivity index (χ2v) is 15.2. The summed E-state index contributed by atoms with van der Waals surface area (Å²) in [6.07, 6.45) is 4.88. The van der Waals surface area contributed by atoms with Gasteiger partial charge in [0.25, 0.3) is 23.3 Å². The van der Waals surface area contributed by atoms with Crippen LogP contribution in [0.4, 0.5) is 23.1 Å². The van der Waals surface area contributed by atoms with Crippen LogP contribution in [0.1, 0.15) is 59.2 Å². The number of nitrogens with zero attached hydrogens (tertiary/aromatic N) is 6. The number of likely N-dealkylation sites (N-methyl/N-ethyl adjacent to an activating group) is 1. The van der Waals surface area contributed by atoms with Gasteiger partial charge in [0.05, 0.1) is 40.7 Å². The number of hydrogen-bond donors (Lipinski definition) is 3. The van der Waals surface area contributed by atoms with Crippen LogP contribution < -0.4 is 36.0 Å². The molecule has 4 aromatic rings. The molecular formula is C40H42ClN9O8. The highest BCUT2D eigenvalue weighted by atomic mass is 35.5. The van der Waals surface area contributed by atoms with E-state index in [0.29, 0.717) is 70.8 Å². The van der Waals surface area contributed by atoms with E-state index in [9.17, 15) is 28.8 Å². The Morgan fingerprint density at radius 3 is 2.36 bits per heavy atom. The minimum absolute atomic E-state index is 0.0345. The van der Waals surface area contributed by atoms with Crippen LogP contribution in [-0.4, -0.2) is 107 Å². The number of imide groups is 2. The number of amides is 5. The number of hydrogen-bond acceptors (Lipinski definition) is 13. The van der Waals surface area contributed by atoms with Crippen molar-refractivity contribution in [3.05, 3.63) is 75.2 Å².